The van der Waals surface area contributed by atoms with Gasteiger partial charge >= 0.3 is 0 Å². The van der Waals surface area contributed by atoms with Crippen molar-refractivity contribution < 1.29 is 0 Å². The first-order valence-corrected chi connectivity index (χ1v) is 4.44. The maximum absolute atomic E-state index is 5.97. The fraction of sp³-hybridized carbons (Fsp3) is 0.667. The molecule has 0 aliphatic heterocycles. The molecule has 2 nitrogen and oxygen atoms in total. The Hall–Kier alpha value is -0.500. The highest BCUT2D eigenvalue weighted by atomic mass is 35.5. The van der Waals surface area contributed by atoms with Crippen LogP contribution in [-0.4, -0.2) is 9.78 Å². The van der Waals surface area contributed by atoms with Gasteiger partial charge in [-0.05, 0) is 11.8 Å². The minimum Gasteiger partial charge on any atom is -0.271 e. The molecule has 0 aliphatic rings. The molecule has 1 aromatic heterocycles. The molecule has 0 radical (unpaired) electrons. The summed E-state index contributed by atoms with van der Waals surface area (Å²) in [5.74, 6) is 0. The average molecular weight is 187 g/mol. The maximum atomic E-state index is 5.97. The molecule has 1 heterocycles. The van der Waals surface area contributed by atoms with Crippen LogP contribution in [-0.2, 0) is 13.5 Å². The minimum atomic E-state index is 0.261. The monoisotopic (exact) mass is 186 g/mol. The van der Waals surface area contributed by atoms with E-state index in [-0.39, 0.29) is 5.41 Å². The van der Waals surface area contributed by atoms with Gasteiger partial charge in [0.25, 0.3) is 0 Å². The van der Waals surface area contributed by atoms with Crippen molar-refractivity contribution >= 4 is 11.6 Å². The minimum absolute atomic E-state index is 0.261. The molecule has 0 fully saturated rings. The van der Waals surface area contributed by atoms with E-state index in [1.54, 1.807) is 6.20 Å². The number of aromatic nitrogens is 2. The van der Waals surface area contributed by atoms with E-state index in [0.29, 0.717) is 0 Å². The Labute approximate surface area is 78.5 Å². The van der Waals surface area contributed by atoms with E-state index < -0.39 is 0 Å². The Balaban J connectivity index is 2.88. The van der Waals surface area contributed by atoms with E-state index in [1.165, 1.54) is 0 Å². The number of halogens is 1. The summed E-state index contributed by atoms with van der Waals surface area (Å²) in [6.45, 7) is 6.57. The van der Waals surface area contributed by atoms with Crippen molar-refractivity contribution in [3.8, 4) is 0 Å². The van der Waals surface area contributed by atoms with E-state index in [1.807, 2.05) is 11.7 Å². The molecule has 0 aliphatic carbocycles. The van der Waals surface area contributed by atoms with Gasteiger partial charge in [0.05, 0.1) is 16.9 Å². The van der Waals surface area contributed by atoms with E-state index in [4.69, 9.17) is 11.6 Å². The summed E-state index contributed by atoms with van der Waals surface area (Å²) in [4.78, 5) is 0. The highest BCUT2D eigenvalue weighted by Crippen LogP contribution is 2.24. The van der Waals surface area contributed by atoms with Crippen LogP contribution >= 0.6 is 11.6 Å². The summed E-state index contributed by atoms with van der Waals surface area (Å²) in [6.07, 6.45) is 2.66. The Bertz CT molecular complexity index is 251. The molecule has 12 heavy (non-hydrogen) atoms. The predicted molar refractivity (Wildman–Crippen MR) is 51.4 cm³/mol. The number of aryl methyl sites for hydroxylation is 1. The molecular formula is C9H15ClN2. The van der Waals surface area contributed by atoms with Crippen LogP contribution in [0.1, 0.15) is 26.5 Å². The molecule has 68 valence electrons. The first kappa shape index (κ1) is 9.59. The van der Waals surface area contributed by atoms with Crippen molar-refractivity contribution in [1.82, 2.24) is 9.78 Å². The fourth-order valence-electron chi connectivity index (χ4n) is 1.14. The van der Waals surface area contributed by atoms with Crippen molar-refractivity contribution in [1.29, 1.82) is 0 Å². The molecule has 0 saturated heterocycles. The summed E-state index contributed by atoms with van der Waals surface area (Å²) >= 11 is 5.97. The molecule has 0 saturated carbocycles. The Morgan fingerprint density at radius 1 is 1.50 bits per heavy atom. The molecular weight excluding hydrogens is 172 g/mol. The Morgan fingerprint density at radius 2 is 2.08 bits per heavy atom. The summed E-state index contributed by atoms with van der Waals surface area (Å²) in [5, 5.41) is 4.86. The van der Waals surface area contributed by atoms with Gasteiger partial charge in [0, 0.05) is 7.05 Å². The molecule has 0 N–H and O–H groups in total. The van der Waals surface area contributed by atoms with Crippen LogP contribution in [0.2, 0.25) is 5.02 Å². The van der Waals surface area contributed by atoms with Crippen molar-refractivity contribution in [2.24, 2.45) is 12.5 Å². The molecule has 0 bridgehead atoms. The SMILES string of the molecule is Cn1ncc(Cl)c1CC(C)(C)C. The lowest BCUT2D eigenvalue weighted by molar-refractivity contribution is 0.398. The van der Waals surface area contributed by atoms with E-state index in [0.717, 1.165) is 17.1 Å². The molecule has 1 rings (SSSR count). The lowest BCUT2D eigenvalue weighted by atomic mass is 9.90. The largest absolute Gasteiger partial charge is 0.271 e. The summed E-state index contributed by atoms with van der Waals surface area (Å²) < 4.78 is 1.84. The first-order valence-electron chi connectivity index (χ1n) is 4.06. The van der Waals surface area contributed by atoms with Gasteiger partial charge in [0.15, 0.2) is 0 Å². The molecule has 0 spiro atoms. The zero-order valence-electron chi connectivity index (χ0n) is 8.06. The van der Waals surface area contributed by atoms with E-state index in [2.05, 4.69) is 25.9 Å². The van der Waals surface area contributed by atoms with Crippen LogP contribution < -0.4 is 0 Å². The summed E-state index contributed by atoms with van der Waals surface area (Å²) in [7, 11) is 1.92. The third-order valence-electron chi connectivity index (χ3n) is 1.71. The van der Waals surface area contributed by atoms with Gasteiger partial charge in [-0.1, -0.05) is 32.4 Å². The van der Waals surface area contributed by atoms with Gasteiger partial charge in [0.2, 0.25) is 0 Å². The van der Waals surface area contributed by atoms with Crippen LogP contribution in [0.4, 0.5) is 0 Å². The lowest BCUT2D eigenvalue weighted by Crippen LogP contribution is -2.12. The molecule has 0 atom stereocenters. The topological polar surface area (TPSA) is 17.8 Å². The normalized spacial score (nSPS) is 12.1. The van der Waals surface area contributed by atoms with Crippen LogP contribution in [0.15, 0.2) is 6.20 Å². The highest BCUT2D eigenvalue weighted by molar-refractivity contribution is 6.31. The molecule has 0 amide bonds. The van der Waals surface area contributed by atoms with Crippen molar-refractivity contribution in [3.05, 3.63) is 16.9 Å². The second-order valence-corrected chi connectivity index (χ2v) is 4.71. The first-order chi connectivity index (χ1) is 5.40. The van der Waals surface area contributed by atoms with Gasteiger partial charge < -0.3 is 0 Å². The van der Waals surface area contributed by atoms with Crippen LogP contribution in [0.3, 0.4) is 0 Å². The van der Waals surface area contributed by atoms with Gasteiger partial charge in [0.1, 0.15) is 0 Å². The number of rotatable bonds is 1. The zero-order valence-corrected chi connectivity index (χ0v) is 8.81. The van der Waals surface area contributed by atoms with E-state index in [9.17, 15) is 0 Å². The molecule has 1 aromatic rings. The van der Waals surface area contributed by atoms with Crippen LogP contribution in [0.5, 0.6) is 0 Å². The van der Waals surface area contributed by atoms with Crippen molar-refractivity contribution in [2.75, 3.05) is 0 Å². The van der Waals surface area contributed by atoms with Crippen LogP contribution in [0.25, 0.3) is 0 Å². The van der Waals surface area contributed by atoms with Gasteiger partial charge in [-0.3, -0.25) is 4.68 Å². The number of nitrogens with zero attached hydrogens (tertiary/aromatic N) is 2. The van der Waals surface area contributed by atoms with Crippen molar-refractivity contribution in [2.45, 2.75) is 27.2 Å². The lowest BCUT2D eigenvalue weighted by Gasteiger charge is -2.18. The standard InChI is InChI=1S/C9H15ClN2/c1-9(2,3)5-8-7(10)6-11-12(8)4/h6H,5H2,1-4H3. The third-order valence-corrected chi connectivity index (χ3v) is 2.02. The maximum Gasteiger partial charge on any atom is 0.0817 e. The quantitative estimate of drug-likeness (QED) is 0.660. The van der Waals surface area contributed by atoms with Gasteiger partial charge in [-0.25, -0.2) is 0 Å². The Morgan fingerprint density at radius 3 is 2.42 bits per heavy atom. The third kappa shape index (κ3) is 2.24. The molecule has 0 unspecified atom stereocenters. The van der Waals surface area contributed by atoms with Crippen LogP contribution in [0, 0.1) is 5.41 Å². The number of hydrogen-bond acceptors (Lipinski definition) is 1. The second-order valence-electron chi connectivity index (χ2n) is 4.30. The second kappa shape index (κ2) is 3.09. The van der Waals surface area contributed by atoms with E-state index >= 15 is 0 Å². The average Bonchev–Trinajstić information content (AvgIpc) is 2.16. The highest BCUT2D eigenvalue weighted by Gasteiger charge is 2.16. The zero-order chi connectivity index (χ0) is 9.35. The predicted octanol–water partition coefficient (Wildman–Crippen LogP) is 2.66. The molecule has 0 aromatic carbocycles. The molecule has 3 heteroatoms. The van der Waals surface area contributed by atoms with Crippen molar-refractivity contribution in [3.63, 3.8) is 0 Å². The summed E-state index contributed by atoms with van der Waals surface area (Å²) in [5.41, 5.74) is 1.38. The number of hydrogen-bond donors (Lipinski definition) is 0. The van der Waals surface area contributed by atoms with Gasteiger partial charge in [-0.15, -0.1) is 0 Å². The smallest absolute Gasteiger partial charge is 0.0817 e. The fourth-order valence-corrected chi connectivity index (χ4v) is 1.37. The summed E-state index contributed by atoms with van der Waals surface area (Å²) in [6, 6.07) is 0. The Kier molecular flexibility index (Phi) is 2.47. The van der Waals surface area contributed by atoms with Gasteiger partial charge in [-0.2, -0.15) is 5.10 Å².